The molecule has 1 heterocycles. The van der Waals surface area contributed by atoms with E-state index in [9.17, 15) is 14.0 Å². The van der Waals surface area contributed by atoms with E-state index in [0.717, 1.165) is 17.7 Å². The summed E-state index contributed by atoms with van der Waals surface area (Å²) >= 11 is 0. The van der Waals surface area contributed by atoms with E-state index in [1.165, 1.54) is 26.4 Å². The summed E-state index contributed by atoms with van der Waals surface area (Å²) in [5, 5.41) is 0.265. The topological polar surface area (TPSA) is 75.0 Å². The highest BCUT2D eigenvalue weighted by Gasteiger charge is 2.22. The third kappa shape index (κ3) is 3.92. The normalized spacial score (nSPS) is 10.8. The summed E-state index contributed by atoms with van der Waals surface area (Å²) in [6.07, 6.45) is 0. The van der Waals surface area contributed by atoms with Crippen LogP contribution in [0.15, 0.2) is 69.9 Å². The summed E-state index contributed by atoms with van der Waals surface area (Å²) in [7, 11) is 2.99. The van der Waals surface area contributed by atoms with Crippen molar-refractivity contribution in [1.29, 1.82) is 0 Å². The molecule has 0 atom stereocenters. The molecular weight excluding hydrogens is 415 g/mol. The number of hydrogen-bond donors (Lipinski definition) is 0. The molecule has 0 aliphatic rings. The zero-order valence-corrected chi connectivity index (χ0v) is 17.6. The Kier molecular flexibility index (Phi) is 5.64. The van der Waals surface area contributed by atoms with Crippen LogP contribution in [0.2, 0.25) is 0 Å². The number of aryl methyl sites for hydroxylation is 1. The van der Waals surface area contributed by atoms with Crippen LogP contribution in [-0.2, 0) is 0 Å². The van der Waals surface area contributed by atoms with Gasteiger partial charge in [0.05, 0.1) is 25.2 Å². The first-order valence-electron chi connectivity index (χ1n) is 9.69. The van der Waals surface area contributed by atoms with Crippen LogP contribution >= 0.6 is 0 Å². The van der Waals surface area contributed by atoms with E-state index in [-0.39, 0.29) is 22.5 Å². The Hall–Kier alpha value is -4.13. The van der Waals surface area contributed by atoms with E-state index in [1.54, 1.807) is 36.4 Å². The third-order valence-electron chi connectivity index (χ3n) is 4.93. The van der Waals surface area contributed by atoms with Crippen molar-refractivity contribution in [1.82, 2.24) is 0 Å². The maximum Gasteiger partial charge on any atom is 0.343 e. The second-order valence-electron chi connectivity index (χ2n) is 7.06. The summed E-state index contributed by atoms with van der Waals surface area (Å²) in [5.41, 5.74) is 1.28. The lowest BCUT2D eigenvalue weighted by molar-refractivity contribution is 0.0731. The Bertz CT molecular complexity index is 1370. The van der Waals surface area contributed by atoms with Crippen molar-refractivity contribution < 1.29 is 27.8 Å². The number of rotatable bonds is 5. The Morgan fingerprint density at radius 3 is 2.31 bits per heavy atom. The molecule has 4 rings (SSSR count). The lowest BCUT2D eigenvalue weighted by atomic mass is 10.1. The van der Waals surface area contributed by atoms with E-state index in [2.05, 4.69) is 0 Å². The van der Waals surface area contributed by atoms with Gasteiger partial charge >= 0.3 is 5.97 Å². The number of methoxy groups -OCH3 is 2. The van der Waals surface area contributed by atoms with Crippen LogP contribution < -0.4 is 19.6 Å². The minimum Gasteiger partial charge on any atom is -0.493 e. The first-order chi connectivity index (χ1) is 15.4. The van der Waals surface area contributed by atoms with Gasteiger partial charge in [0.1, 0.15) is 11.4 Å². The molecule has 4 aromatic rings. The molecule has 0 aliphatic carbocycles. The maximum atomic E-state index is 13.3. The fraction of sp³-hybridized carbons (Fsp3) is 0.120. The van der Waals surface area contributed by atoms with Gasteiger partial charge in [-0.1, -0.05) is 6.07 Å². The molecule has 0 spiro atoms. The monoisotopic (exact) mass is 434 g/mol. The van der Waals surface area contributed by atoms with E-state index in [0.29, 0.717) is 22.6 Å². The summed E-state index contributed by atoms with van der Waals surface area (Å²) in [5.74, 6) is -0.626. The second kappa shape index (κ2) is 8.55. The molecule has 0 aliphatic heterocycles. The molecule has 1 aromatic heterocycles. The molecule has 0 saturated carbocycles. The van der Waals surface area contributed by atoms with E-state index in [1.807, 2.05) is 6.92 Å². The van der Waals surface area contributed by atoms with Crippen LogP contribution in [0.5, 0.6) is 17.2 Å². The molecule has 7 heteroatoms. The van der Waals surface area contributed by atoms with Crippen LogP contribution in [0.3, 0.4) is 0 Å². The van der Waals surface area contributed by atoms with Gasteiger partial charge in [-0.2, -0.15) is 0 Å². The minimum atomic E-state index is -0.814. The Morgan fingerprint density at radius 2 is 1.62 bits per heavy atom. The van der Waals surface area contributed by atoms with Gasteiger partial charge in [-0.15, -0.1) is 0 Å². The summed E-state index contributed by atoms with van der Waals surface area (Å²) < 4.78 is 35.4. The van der Waals surface area contributed by atoms with Gasteiger partial charge in [0.15, 0.2) is 17.3 Å². The molecule has 0 radical (unpaired) electrons. The number of fused-ring (bicyclic) bond motifs is 1. The highest BCUT2D eigenvalue weighted by molar-refractivity contribution is 5.93. The SMILES string of the molecule is COc1ccc(-c2oc3cc(C)ccc3c(=O)c2OC(=O)c2ccc(F)cc2)cc1OC. The summed E-state index contributed by atoms with van der Waals surface area (Å²) in [6, 6.07) is 14.9. The molecule has 6 nitrogen and oxygen atoms in total. The predicted octanol–water partition coefficient (Wildman–Crippen LogP) is 5.14. The number of hydrogen-bond acceptors (Lipinski definition) is 6. The number of halogens is 1. The number of carbonyl (C=O) groups is 1. The first-order valence-corrected chi connectivity index (χ1v) is 9.69. The Balaban J connectivity index is 1.91. The number of benzene rings is 3. The van der Waals surface area contributed by atoms with Crippen LogP contribution in [0.4, 0.5) is 4.39 Å². The average Bonchev–Trinajstić information content (AvgIpc) is 2.80. The van der Waals surface area contributed by atoms with Gasteiger partial charge in [0, 0.05) is 5.56 Å². The van der Waals surface area contributed by atoms with E-state index < -0.39 is 17.2 Å². The molecule has 3 aromatic carbocycles. The van der Waals surface area contributed by atoms with Gasteiger partial charge in [-0.3, -0.25) is 4.79 Å². The van der Waals surface area contributed by atoms with Crippen molar-refractivity contribution in [2.24, 2.45) is 0 Å². The van der Waals surface area contributed by atoms with Crippen molar-refractivity contribution in [2.45, 2.75) is 6.92 Å². The van der Waals surface area contributed by atoms with Crippen LogP contribution in [0.1, 0.15) is 15.9 Å². The van der Waals surface area contributed by atoms with Gasteiger partial charge in [0.2, 0.25) is 11.2 Å². The van der Waals surface area contributed by atoms with E-state index in [4.69, 9.17) is 18.6 Å². The van der Waals surface area contributed by atoms with Gasteiger partial charge < -0.3 is 18.6 Å². The fourth-order valence-corrected chi connectivity index (χ4v) is 3.28. The Morgan fingerprint density at radius 1 is 0.906 bits per heavy atom. The third-order valence-corrected chi connectivity index (χ3v) is 4.93. The van der Waals surface area contributed by atoms with E-state index >= 15 is 0 Å². The quantitative estimate of drug-likeness (QED) is 0.405. The van der Waals surface area contributed by atoms with Crippen LogP contribution in [0, 0.1) is 12.7 Å². The van der Waals surface area contributed by atoms with Crippen molar-refractivity contribution in [3.8, 4) is 28.6 Å². The van der Waals surface area contributed by atoms with Crippen molar-refractivity contribution in [3.05, 3.63) is 87.8 Å². The molecule has 0 fully saturated rings. The standard InChI is InChI=1S/C25H19FO6/c1-14-4-10-18-20(12-14)31-23(16-7-11-19(29-2)21(13-16)30-3)24(22(18)27)32-25(28)15-5-8-17(26)9-6-15/h4-13H,1-3H3. The summed E-state index contributed by atoms with van der Waals surface area (Å²) in [6.45, 7) is 1.87. The summed E-state index contributed by atoms with van der Waals surface area (Å²) in [4.78, 5) is 26.0. The number of carbonyl (C=O) groups excluding carboxylic acids is 1. The average molecular weight is 434 g/mol. The number of esters is 1. The smallest absolute Gasteiger partial charge is 0.343 e. The molecule has 0 amide bonds. The largest absolute Gasteiger partial charge is 0.493 e. The van der Waals surface area contributed by atoms with Crippen molar-refractivity contribution in [3.63, 3.8) is 0 Å². The minimum absolute atomic E-state index is 0.0597. The molecule has 0 saturated heterocycles. The van der Waals surface area contributed by atoms with Crippen molar-refractivity contribution in [2.75, 3.05) is 14.2 Å². The highest BCUT2D eigenvalue weighted by atomic mass is 19.1. The number of ether oxygens (including phenoxy) is 3. The van der Waals surface area contributed by atoms with Gasteiger partial charge in [-0.05, 0) is 67.1 Å². The highest BCUT2D eigenvalue weighted by Crippen LogP contribution is 2.37. The van der Waals surface area contributed by atoms with Crippen molar-refractivity contribution >= 4 is 16.9 Å². The molecule has 0 unspecified atom stereocenters. The molecule has 32 heavy (non-hydrogen) atoms. The lowest BCUT2D eigenvalue weighted by Crippen LogP contribution is -2.16. The van der Waals surface area contributed by atoms with Gasteiger partial charge in [0.25, 0.3) is 0 Å². The zero-order chi connectivity index (χ0) is 22.8. The molecular formula is C25H19FO6. The van der Waals surface area contributed by atoms with Crippen LogP contribution in [-0.4, -0.2) is 20.2 Å². The molecule has 0 bridgehead atoms. The fourth-order valence-electron chi connectivity index (χ4n) is 3.28. The molecule has 162 valence electrons. The molecule has 0 N–H and O–H groups in total. The Labute approximate surface area is 182 Å². The van der Waals surface area contributed by atoms with Gasteiger partial charge in [-0.25, -0.2) is 9.18 Å². The second-order valence-corrected chi connectivity index (χ2v) is 7.06. The van der Waals surface area contributed by atoms with Crippen LogP contribution in [0.25, 0.3) is 22.3 Å². The lowest BCUT2D eigenvalue weighted by Gasteiger charge is -2.13. The maximum absolute atomic E-state index is 13.3. The predicted molar refractivity (Wildman–Crippen MR) is 117 cm³/mol. The zero-order valence-electron chi connectivity index (χ0n) is 17.6. The first kappa shape index (κ1) is 21.1.